The third-order valence-electron chi connectivity index (χ3n) is 0.958. The fraction of sp³-hybridized carbons (Fsp3) is 0.800. The minimum Gasteiger partial charge on any atom is -0.381 e. The molecule has 0 aliphatic carbocycles. The zero-order valence-corrected chi connectivity index (χ0v) is 4.92. The third-order valence-corrected chi connectivity index (χ3v) is 0.958. The molecule has 0 saturated carbocycles. The quantitative estimate of drug-likeness (QED) is 0.385. The molecule has 48 valence electrons. The summed E-state index contributed by atoms with van der Waals surface area (Å²) in [6, 6.07) is -0.181. The normalized spacial score (nSPS) is 13.2. The van der Waals surface area contributed by atoms with Crippen LogP contribution in [0.3, 0.4) is 0 Å². The van der Waals surface area contributed by atoms with Crippen LogP contribution in [0.2, 0.25) is 0 Å². The Morgan fingerprint density at radius 3 is 2.62 bits per heavy atom. The van der Waals surface area contributed by atoms with Gasteiger partial charge in [-0.3, -0.25) is 5.32 Å². The number of carbonyl (C=O) groups excluding carboxylic acids is 1. The second-order valence-corrected chi connectivity index (χ2v) is 1.51. The van der Waals surface area contributed by atoms with Crippen LogP contribution in [0.1, 0.15) is 13.3 Å². The van der Waals surface area contributed by atoms with E-state index in [0.717, 1.165) is 12.7 Å². The molecule has 0 rings (SSSR count). The van der Waals surface area contributed by atoms with Gasteiger partial charge in [0.2, 0.25) is 0 Å². The molecule has 0 saturated heterocycles. The van der Waals surface area contributed by atoms with Gasteiger partial charge in [0.05, 0.1) is 12.8 Å². The largest absolute Gasteiger partial charge is 0.381 e. The van der Waals surface area contributed by atoms with Crippen LogP contribution in [0.15, 0.2) is 0 Å². The van der Waals surface area contributed by atoms with Crippen LogP contribution >= 0.6 is 0 Å². The number of hydrogen-bond acceptors (Lipinski definition) is 3. The lowest BCUT2D eigenvalue weighted by atomic mass is 10.3. The van der Waals surface area contributed by atoms with E-state index < -0.39 is 0 Å². The maximum absolute atomic E-state index is 9.95. The summed E-state index contributed by atoms with van der Waals surface area (Å²) in [4.78, 5) is 9.95. The highest BCUT2D eigenvalue weighted by Gasteiger charge is 1.98. The number of aldehydes is 1. The summed E-state index contributed by atoms with van der Waals surface area (Å²) in [6.45, 7) is 1.75. The van der Waals surface area contributed by atoms with E-state index in [0.29, 0.717) is 0 Å². The Hall–Kier alpha value is -0.410. The van der Waals surface area contributed by atoms with Crippen molar-refractivity contribution in [2.75, 3.05) is 6.73 Å². The van der Waals surface area contributed by atoms with Gasteiger partial charge < -0.3 is 9.90 Å². The number of aliphatic hydroxyl groups is 1. The second-order valence-electron chi connectivity index (χ2n) is 1.51. The van der Waals surface area contributed by atoms with Crippen molar-refractivity contribution in [3.63, 3.8) is 0 Å². The van der Waals surface area contributed by atoms with Crippen LogP contribution in [-0.4, -0.2) is 24.2 Å². The zero-order valence-electron chi connectivity index (χ0n) is 4.92. The molecule has 0 aromatic heterocycles. The molecule has 0 heterocycles. The molecule has 3 heteroatoms. The highest BCUT2D eigenvalue weighted by atomic mass is 16.3. The van der Waals surface area contributed by atoms with Crippen LogP contribution in [-0.2, 0) is 4.79 Å². The Labute approximate surface area is 48.7 Å². The Morgan fingerprint density at radius 2 is 2.50 bits per heavy atom. The molecular formula is C5H11NO2. The Balaban J connectivity index is 3.21. The number of aliphatic hydroxyl groups excluding tert-OH is 1. The average Bonchev–Trinajstić information content (AvgIpc) is 1.83. The molecule has 0 fully saturated rings. The van der Waals surface area contributed by atoms with Crippen LogP contribution in [0, 0.1) is 0 Å². The van der Waals surface area contributed by atoms with Gasteiger partial charge in [0.15, 0.2) is 0 Å². The third kappa shape index (κ3) is 2.71. The lowest BCUT2D eigenvalue weighted by Gasteiger charge is -2.04. The fourth-order valence-electron chi connectivity index (χ4n) is 0.406. The first-order chi connectivity index (χ1) is 3.85. The maximum Gasteiger partial charge on any atom is 0.136 e. The summed E-state index contributed by atoms with van der Waals surface area (Å²) in [5.74, 6) is 0. The first-order valence-corrected chi connectivity index (χ1v) is 2.64. The van der Waals surface area contributed by atoms with Crippen molar-refractivity contribution in [3.8, 4) is 0 Å². The molecule has 0 aromatic carbocycles. The van der Waals surface area contributed by atoms with Gasteiger partial charge in [0, 0.05) is 0 Å². The molecular weight excluding hydrogens is 106 g/mol. The average molecular weight is 117 g/mol. The monoisotopic (exact) mass is 117 g/mol. The molecule has 0 unspecified atom stereocenters. The molecule has 2 N–H and O–H groups in total. The van der Waals surface area contributed by atoms with Gasteiger partial charge >= 0.3 is 0 Å². The number of carbonyl (C=O) groups is 1. The number of nitrogens with one attached hydrogen (secondary N) is 1. The summed E-state index contributed by atoms with van der Waals surface area (Å²) >= 11 is 0. The van der Waals surface area contributed by atoms with Gasteiger partial charge in [-0.25, -0.2) is 0 Å². The van der Waals surface area contributed by atoms with E-state index in [2.05, 4.69) is 5.32 Å². The van der Waals surface area contributed by atoms with Crippen LogP contribution < -0.4 is 5.32 Å². The lowest BCUT2D eigenvalue weighted by Crippen LogP contribution is -2.30. The van der Waals surface area contributed by atoms with E-state index >= 15 is 0 Å². The van der Waals surface area contributed by atoms with E-state index in [4.69, 9.17) is 5.11 Å². The fourth-order valence-corrected chi connectivity index (χ4v) is 0.406. The zero-order chi connectivity index (χ0) is 6.41. The molecule has 0 bridgehead atoms. The van der Waals surface area contributed by atoms with Crippen molar-refractivity contribution in [3.05, 3.63) is 0 Å². The molecule has 0 aliphatic rings. The highest BCUT2D eigenvalue weighted by molar-refractivity contribution is 5.57. The molecule has 0 radical (unpaired) electrons. The van der Waals surface area contributed by atoms with Gasteiger partial charge in [0.25, 0.3) is 0 Å². The Kier molecular flexibility index (Phi) is 4.50. The SMILES string of the molecule is CC[C@@H](C=O)NCO. The Morgan fingerprint density at radius 1 is 1.88 bits per heavy atom. The number of hydrogen-bond donors (Lipinski definition) is 2. The molecule has 0 aromatic rings. The van der Waals surface area contributed by atoms with E-state index in [9.17, 15) is 4.79 Å². The summed E-state index contributed by atoms with van der Waals surface area (Å²) in [5, 5.41) is 10.8. The topological polar surface area (TPSA) is 49.3 Å². The predicted octanol–water partition coefficient (Wildman–Crippen LogP) is -0.497. The predicted molar refractivity (Wildman–Crippen MR) is 30.4 cm³/mol. The first kappa shape index (κ1) is 7.59. The van der Waals surface area contributed by atoms with Crippen LogP contribution in [0.4, 0.5) is 0 Å². The lowest BCUT2D eigenvalue weighted by molar-refractivity contribution is -0.109. The minimum atomic E-state index is -0.181. The van der Waals surface area contributed by atoms with Crippen molar-refractivity contribution < 1.29 is 9.90 Å². The summed E-state index contributed by atoms with van der Waals surface area (Å²) in [7, 11) is 0. The molecule has 8 heavy (non-hydrogen) atoms. The second kappa shape index (κ2) is 4.74. The first-order valence-electron chi connectivity index (χ1n) is 2.64. The van der Waals surface area contributed by atoms with Crippen molar-refractivity contribution >= 4 is 6.29 Å². The van der Waals surface area contributed by atoms with Crippen molar-refractivity contribution in [2.45, 2.75) is 19.4 Å². The van der Waals surface area contributed by atoms with Gasteiger partial charge in [-0.1, -0.05) is 6.92 Å². The molecule has 0 aliphatic heterocycles. The maximum atomic E-state index is 9.95. The van der Waals surface area contributed by atoms with Crippen LogP contribution in [0.5, 0.6) is 0 Å². The number of rotatable bonds is 4. The highest BCUT2D eigenvalue weighted by Crippen LogP contribution is 1.81. The summed E-state index contributed by atoms with van der Waals surface area (Å²) in [6.07, 6.45) is 1.51. The van der Waals surface area contributed by atoms with Gasteiger partial charge in [-0.15, -0.1) is 0 Å². The summed E-state index contributed by atoms with van der Waals surface area (Å²) < 4.78 is 0. The van der Waals surface area contributed by atoms with Gasteiger partial charge in [-0.2, -0.15) is 0 Å². The van der Waals surface area contributed by atoms with E-state index in [1.165, 1.54) is 0 Å². The van der Waals surface area contributed by atoms with Crippen molar-refractivity contribution in [2.24, 2.45) is 0 Å². The van der Waals surface area contributed by atoms with Crippen molar-refractivity contribution in [1.29, 1.82) is 0 Å². The van der Waals surface area contributed by atoms with E-state index in [1.54, 1.807) is 0 Å². The molecule has 3 nitrogen and oxygen atoms in total. The van der Waals surface area contributed by atoms with Crippen LogP contribution in [0.25, 0.3) is 0 Å². The van der Waals surface area contributed by atoms with E-state index in [-0.39, 0.29) is 12.8 Å². The minimum absolute atomic E-state index is 0.128. The van der Waals surface area contributed by atoms with Gasteiger partial charge in [-0.05, 0) is 6.42 Å². The summed E-state index contributed by atoms with van der Waals surface area (Å²) in [5.41, 5.74) is 0. The molecule has 0 spiro atoms. The molecule has 1 atom stereocenters. The van der Waals surface area contributed by atoms with E-state index in [1.807, 2.05) is 6.92 Å². The smallest absolute Gasteiger partial charge is 0.136 e. The Bertz CT molecular complexity index is 65.4. The standard InChI is InChI=1S/C5H11NO2/c1-2-5(3-7)6-4-8/h3,5-6,8H,2,4H2,1H3/t5-/m0/s1. The van der Waals surface area contributed by atoms with Crippen molar-refractivity contribution in [1.82, 2.24) is 5.32 Å². The van der Waals surface area contributed by atoms with Gasteiger partial charge in [0.1, 0.15) is 6.29 Å². The molecule has 0 amide bonds.